The van der Waals surface area contributed by atoms with Crippen LogP contribution >= 0.6 is 0 Å². The molecule has 1 atom stereocenters. The Balaban J connectivity index is 1.39. The molecule has 1 fully saturated rings. The van der Waals surface area contributed by atoms with Gasteiger partial charge in [-0.15, -0.1) is 0 Å². The number of piperidine rings is 1. The van der Waals surface area contributed by atoms with Crippen LogP contribution in [0.1, 0.15) is 48.4 Å². The highest BCUT2D eigenvalue weighted by Crippen LogP contribution is 2.44. The highest BCUT2D eigenvalue weighted by atomic mass is 16.5. The molecule has 0 aliphatic carbocycles. The molecule has 4 rings (SSSR count). The fraction of sp³-hybridized carbons (Fsp3) is 0.480. The van der Waals surface area contributed by atoms with E-state index in [1.165, 1.54) is 5.56 Å². The van der Waals surface area contributed by atoms with E-state index in [0.717, 1.165) is 55.0 Å². The topological polar surface area (TPSA) is 50.8 Å². The van der Waals surface area contributed by atoms with E-state index in [9.17, 15) is 4.79 Å². The van der Waals surface area contributed by atoms with Gasteiger partial charge in [-0.2, -0.15) is 0 Å². The summed E-state index contributed by atoms with van der Waals surface area (Å²) in [6.45, 7) is 6.51. The molecule has 2 aromatic carbocycles. The van der Waals surface area contributed by atoms with Gasteiger partial charge in [-0.3, -0.25) is 4.79 Å². The van der Waals surface area contributed by atoms with Crippen molar-refractivity contribution in [1.29, 1.82) is 0 Å². The summed E-state index contributed by atoms with van der Waals surface area (Å²) < 4.78 is 12.3. The van der Waals surface area contributed by atoms with Gasteiger partial charge in [0.15, 0.2) is 0 Å². The number of amides is 1. The Morgan fingerprint density at radius 2 is 1.97 bits per heavy atom. The number of ether oxygens (including phenoxy) is 2. The maximum Gasteiger partial charge on any atom is 0.223 e. The van der Waals surface area contributed by atoms with Gasteiger partial charge < -0.3 is 19.7 Å². The molecule has 2 heterocycles. The average Bonchev–Trinajstić information content (AvgIpc) is 2.72. The van der Waals surface area contributed by atoms with Gasteiger partial charge in [0.1, 0.15) is 17.1 Å². The van der Waals surface area contributed by atoms with Crippen molar-refractivity contribution in [3.05, 3.63) is 59.2 Å². The zero-order valence-electron chi connectivity index (χ0n) is 18.2. The lowest BCUT2D eigenvalue weighted by molar-refractivity contribution is -0.123. The standard InChI is InChI=1S/C25H32N2O3/c1-18-8-9-22(19(2)16-18)29-15-10-24(28)26-21-17-25(11-13-27(3)14-12-25)30-23-7-5-4-6-20(21)23/h4-9,16,21H,10-15,17H2,1-3H3,(H,26,28). The maximum absolute atomic E-state index is 12.7. The van der Waals surface area contributed by atoms with E-state index >= 15 is 0 Å². The summed E-state index contributed by atoms with van der Waals surface area (Å²) in [5, 5.41) is 3.26. The number of benzene rings is 2. The summed E-state index contributed by atoms with van der Waals surface area (Å²) in [5.74, 6) is 1.77. The third kappa shape index (κ3) is 4.62. The lowest BCUT2D eigenvalue weighted by Gasteiger charge is -2.46. The highest BCUT2D eigenvalue weighted by molar-refractivity contribution is 5.76. The number of hydrogen-bond acceptors (Lipinski definition) is 4. The second-order valence-electron chi connectivity index (χ2n) is 8.82. The van der Waals surface area contributed by atoms with Crippen LogP contribution in [0.15, 0.2) is 42.5 Å². The number of carbonyl (C=O) groups excluding carboxylic acids is 1. The van der Waals surface area contributed by atoms with E-state index in [4.69, 9.17) is 9.47 Å². The predicted octanol–water partition coefficient (Wildman–Crippen LogP) is 4.18. The highest BCUT2D eigenvalue weighted by Gasteiger charge is 2.43. The van der Waals surface area contributed by atoms with Gasteiger partial charge in [0.25, 0.3) is 0 Å². The monoisotopic (exact) mass is 408 g/mol. The van der Waals surface area contributed by atoms with E-state index < -0.39 is 0 Å². The van der Waals surface area contributed by atoms with E-state index in [1.807, 2.05) is 37.3 Å². The molecule has 1 amide bonds. The first-order valence-corrected chi connectivity index (χ1v) is 10.9. The zero-order chi connectivity index (χ0) is 21.1. The van der Waals surface area contributed by atoms with E-state index in [0.29, 0.717) is 13.0 Å². The molecule has 1 unspecified atom stereocenters. The number of fused-ring (bicyclic) bond motifs is 1. The fourth-order valence-electron chi connectivity index (χ4n) is 4.56. The first kappa shape index (κ1) is 20.7. The number of likely N-dealkylation sites (tertiary alicyclic amines) is 1. The van der Waals surface area contributed by atoms with Crippen LogP contribution in [0.4, 0.5) is 0 Å². The Kier molecular flexibility index (Phi) is 6.00. The van der Waals surface area contributed by atoms with Crippen molar-refractivity contribution in [3.63, 3.8) is 0 Å². The van der Waals surface area contributed by atoms with Crippen molar-refractivity contribution < 1.29 is 14.3 Å². The molecule has 2 aliphatic heterocycles. The third-order valence-corrected chi connectivity index (χ3v) is 6.35. The minimum Gasteiger partial charge on any atom is -0.493 e. The third-order valence-electron chi connectivity index (χ3n) is 6.35. The van der Waals surface area contributed by atoms with Gasteiger partial charge in [-0.1, -0.05) is 35.9 Å². The second kappa shape index (κ2) is 8.68. The molecule has 1 N–H and O–H groups in total. The number of rotatable bonds is 5. The van der Waals surface area contributed by atoms with Gasteiger partial charge in [0, 0.05) is 25.1 Å². The van der Waals surface area contributed by atoms with Crippen LogP contribution in [0.3, 0.4) is 0 Å². The quantitative estimate of drug-likeness (QED) is 0.807. The molecule has 0 aromatic heterocycles. The normalized spacial score (nSPS) is 20.3. The maximum atomic E-state index is 12.7. The zero-order valence-corrected chi connectivity index (χ0v) is 18.2. The molecule has 5 nitrogen and oxygen atoms in total. The molecule has 2 aliphatic rings. The van der Waals surface area contributed by atoms with Gasteiger partial charge >= 0.3 is 0 Å². The molecule has 0 bridgehead atoms. The van der Waals surface area contributed by atoms with Crippen LogP contribution in [0, 0.1) is 13.8 Å². The number of hydrogen-bond donors (Lipinski definition) is 1. The minimum atomic E-state index is -0.186. The van der Waals surface area contributed by atoms with Crippen LogP contribution in [0.25, 0.3) is 0 Å². The van der Waals surface area contributed by atoms with Crippen molar-refractivity contribution in [1.82, 2.24) is 10.2 Å². The number of carbonyl (C=O) groups is 1. The molecule has 0 saturated carbocycles. The van der Waals surface area contributed by atoms with Crippen molar-refractivity contribution in [3.8, 4) is 11.5 Å². The first-order valence-electron chi connectivity index (χ1n) is 10.9. The second-order valence-corrected chi connectivity index (χ2v) is 8.82. The predicted molar refractivity (Wildman–Crippen MR) is 118 cm³/mol. The Labute approximate surface area is 179 Å². The molecule has 160 valence electrons. The van der Waals surface area contributed by atoms with Gasteiger partial charge in [0.05, 0.1) is 19.1 Å². The number of nitrogens with one attached hydrogen (secondary N) is 1. The van der Waals surface area contributed by atoms with E-state index in [2.05, 4.69) is 36.3 Å². The average molecular weight is 409 g/mol. The summed E-state index contributed by atoms with van der Waals surface area (Å²) in [6, 6.07) is 14.2. The van der Waals surface area contributed by atoms with Gasteiger partial charge in [0.2, 0.25) is 5.91 Å². The number of nitrogens with zero attached hydrogens (tertiary/aromatic N) is 1. The van der Waals surface area contributed by atoms with Crippen LogP contribution in [0.2, 0.25) is 0 Å². The van der Waals surface area contributed by atoms with Gasteiger partial charge in [-0.25, -0.2) is 0 Å². The number of aryl methyl sites for hydroxylation is 2. The van der Waals surface area contributed by atoms with Crippen molar-refractivity contribution in [2.24, 2.45) is 0 Å². The Morgan fingerprint density at radius 1 is 1.20 bits per heavy atom. The van der Waals surface area contributed by atoms with Crippen LogP contribution in [-0.4, -0.2) is 43.2 Å². The molecule has 0 radical (unpaired) electrons. The Morgan fingerprint density at radius 3 is 2.73 bits per heavy atom. The molecule has 5 heteroatoms. The number of para-hydroxylation sites is 1. The molecular formula is C25H32N2O3. The summed E-state index contributed by atoms with van der Waals surface area (Å²) in [4.78, 5) is 15.1. The Bertz CT molecular complexity index is 903. The molecule has 2 aromatic rings. The summed E-state index contributed by atoms with van der Waals surface area (Å²) >= 11 is 0. The summed E-state index contributed by atoms with van der Waals surface area (Å²) in [7, 11) is 2.15. The van der Waals surface area contributed by atoms with Crippen LogP contribution in [-0.2, 0) is 4.79 Å². The fourth-order valence-corrected chi connectivity index (χ4v) is 4.56. The van der Waals surface area contributed by atoms with E-state index in [1.54, 1.807) is 0 Å². The smallest absolute Gasteiger partial charge is 0.223 e. The lowest BCUT2D eigenvalue weighted by atomic mass is 9.80. The van der Waals surface area contributed by atoms with Crippen molar-refractivity contribution >= 4 is 5.91 Å². The first-order chi connectivity index (χ1) is 14.4. The van der Waals surface area contributed by atoms with Crippen LogP contribution in [0.5, 0.6) is 11.5 Å². The minimum absolute atomic E-state index is 0.0181. The van der Waals surface area contributed by atoms with Crippen LogP contribution < -0.4 is 14.8 Å². The van der Waals surface area contributed by atoms with E-state index in [-0.39, 0.29) is 17.6 Å². The van der Waals surface area contributed by atoms with Crippen molar-refractivity contribution in [2.75, 3.05) is 26.7 Å². The largest absolute Gasteiger partial charge is 0.493 e. The lowest BCUT2D eigenvalue weighted by Crippen LogP contribution is -2.51. The Hall–Kier alpha value is -2.53. The van der Waals surface area contributed by atoms with Gasteiger partial charge in [-0.05, 0) is 51.4 Å². The molecule has 30 heavy (non-hydrogen) atoms. The molecule has 1 saturated heterocycles. The summed E-state index contributed by atoms with van der Waals surface area (Å²) in [5.41, 5.74) is 3.19. The van der Waals surface area contributed by atoms with Crippen molar-refractivity contribution in [2.45, 2.75) is 51.2 Å². The molecule has 1 spiro atoms. The SMILES string of the molecule is Cc1ccc(OCCC(=O)NC2CC3(CCN(C)CC3)Oc3ccccc32)c(C)c1. The summed E-state index contributed by atoms with van der Waals surface area (Å²) in [6.07, 6.45) is 3.13. The molecular weight excluding hydrogens is 376 g/mol.